The Morgan fingerprint density at radius 2 is 1.48 bits per heavy atom. The number of carbonyl (C=O) groups excluding carboxylic acids is 1. The molecule has 0 amide bonds. The van der Waals surface area contributed by atoms with Gasteiger partial charge in [0.15, 0.2) is 11.9 Å². The molecule has 8 rings (SSSR count). The maximum absolute atomic E-state index is 12.9. The minimum Gasteiger partial charge on any atom is -0.455 e. The number of ether oxygens (including phenoxy) is 5. The van der Waals surface area contributed by atoms with Crippen molar-refractivity contribution in [1.82, 2.24) is 20.0 Å². The SMILES string of the molecule is CC(=O)O[C@H](c1ccc(-n2cc(-c3cccnc3)nn2)cc1C)[C@H]1OC2(OCc3ccccc3)C(CO)[C@@H](OCc3ccccc3)C(OCc3ccccc3)C12. The van der Waals surface area contributed by atoms with E-state index in [0.29, 0.717) is 5.69 Å². The molecule has 1 aliphatic heterocycles. The van der Waals surface area contributed by atoms with Gasteiger partial charge in [0.2, 0.25) is 0 Å². The van der Waals surface area contributed by atoms with Gasteiger partial charge in [-0.2, -0.15) is 0 Å². The highest BCUT2D eigenvalue weighted by molar-refractivity contribution is 5.66. The molecule has 0 radical (unpaired) electrons. The topological polar surface area (TPSA) is 127 Å². The third-order valence-electron chi connectivity index (χ3n) is 10.7. The smallest absolute Gasteiger partial charge is 0.303 e. The van der Waals surface area contributed by atoms with E-state index in [1.807, 2.05) is 134 Å². The molecule has 6 aromatic rings. The van der Waals surface area contributed by atoms with Gasteiger partial charge in [0.25, 0.3) is 0 Å². The average molecular weight is 753 g/mol. The molecule has 0 bridgehead atoms. The van der Waals surface area contributed by atoms with Crippen molar-refractivity contribution in [3.05, 3.63) is 168 Å². The largest absolute Gasteiger partial charge is 0.455 e. The van der Waals surface area contributed by atoms with Gasteiger partial charge >= 0.3 is 5.97 Å². The fraction of sp³-hybridized carbons (Fsp3) is 0.289. The van der Waals surface area contributed by atoms with E-state index in [9.17, 15) is 9.90 Å². The minimum absolute atomic E-state index is 0.224. The van der Waals surface area contributed by atoms with Crippen LogP contribution in [0.5, 0.6) is 0 Å². The van der Waals surface area contributed by atoms with Gasteiger partial charge in [0, 0.05) is 24.9 Å². The molecular weight excluding hydrogens is 709 g/mol. The third kappa shape index (κ3) is 7.64. The van der Waals surface area contributed by atoms with Gasteiger partial charge in [-0.3, -0.25) is 9.78 Å². The van der Waals surface area contributed by atoms with Crippen LogP contribution in [-0.4, -0.2) is 61.8 Å². The molecule has 3 heterocycles. The lowest BCUT2D eigenvalue weighted by Gasteiger charge is -2.55. The number of hydrogen-bond acceptors (Lipinski definition) is 10. The van der Waals surface area contributed by atoms with Crippen LogP contribution in [0.25, 0.3) is 16.9 Å². The zero-order valence-electron chi connectivity index (χ0n) is 31.3. The van der Waals surface area contributed by atoms with Gasteiger partial charge < -0.3 is 28.8 Å². The number of aromatic nitrogens is 4. The summed E-state index contributed by atoms with van der Waals surface area (Å²) in [6.45, 7) is 3.88. The minimum atomic E-state index is -1.31. The molecule has 2 aromatic heterocycles. The Balaban J connectivity index is 1.16. The summed E-state index contributed by atoms with van der Waals surface area (Å²) in [5.74, 6) is -2.90. The number of esters is 1. The average Bonchev–Trinajstić information content (AvgIpc) is 3.79. The number of nitrogens with zero attached hydrogens (tertiary/aromatic N) is 4. The van der Waals surface area contributed by atoms with Crippen LogP contribution >= 0.6 is 0 Å². The van der Waals surface area contributed by atoms with Crippen molar-refractivity contribution in [2.24, 2.45) is 11.8 Å². The Labute approximate surface area is 325 Å². The van der Waals surface area contributed by atoms with Crippen LogP contribution in [0.4, 0.5) is 0 Å². The first-order chi connectivity index (χ1) is 27.4. The van der Waals surface area contributed by atoms with E-state index in [-0.39, 0.29) is 26.4 Å². The highest BCUT2D eigenvalue weighted by Crippen LogP contribution is 2.60. The highest BCUT2D eigenvalue weighted by atomic mass is 16.7. The molecule has 1 N–H and O–H groups in total. The number of aryl methyl sites for hydroxylation is 1. The number of pyridine rings is 1. The van der Waals surface area contributed by atoms with E-state index in [1.54, 1.807) is 17.1 Å². The normalized spacial score (nSPS) is 23.2. The summed E-state index contributed by atoms with van der Waals surface area (Å²) in [6.07, 6.45) is 2.53. The predicted molar refractivity (Wildman–Crippen MR) is 207 cm³/mol. The van der Waals surface area contributed by atoms with Gasteiger partial charge in [-0.25, -0.2) is 4.68 Å². The number of rotatable bonds is 15. The monoisotopic (exact) mass is 752 g/mol. The second-order valence-corrected chi connectivity index (χ2v) is 14.3. The second kappa shape index (κ2) is 16.7. The van der Waals surface area contributed by atoms with Gasteiger partial charge in [-0.15, -0.1) is 5.10 Å². The molecule has 1 aliphatic carbocycles. The second-order valence-electron chi connectivity index (χ2n) is 14.3. The van der Waals surface area contributed by atoms with Crippen molar-refractivity contribution < 1.29 is 33.6 Å². The van der Waals surface area contributed by atoms with Crippen molar-refractivity contribution in [3.63, 3.8) is 0 Å². The molecule has 1 saturated heterocycles. The Hall–Kier alpha value is -5.56. The number of aliphatic hydroxyl groups excluding tert-OH is 1. The van der Waals surface area contributed by atoms with Crippen molar-refractivity contribution in [2.45, 2.75) is 63.9 Å². The first-order valence-electron chi connectivity index (χ1n) is 18.8. The van der Waals surface area contributed by atoms with E-state index in [0.717, 1.165) is 39.1 Å². The van der Waals surface area contributed by atoms with Crippen molar-refractivity contribution in [1.29, 1.82) is 0 Å². The van der Waals surface area contributed by atoms with Crippen LogP contribution in [0.15, 0.2) is 140 Å². The summed E-state index contributed by atoms with van der Waals surface area (Å²) >= 11 is 0. The van der Waals surface area contributed by atoms with Gasteiger partial charge in [-0.1, -0.05) is 102 Å². The maximum Gasteiger partial charge on any atom is 0.303 e. The molecular formula is C45H44N4O7. The number of carbonyl (C=O) groups is 1. The summed E-state index contributed by atoms with van der Waals surface area (Å²) in [7, 11) is 0. The molecule has 286 valence electrons. The molecule has 4 unspecified atom stereocenters. The van der Waals surface area contributed by atoms with Gasteiger partial charge in [0.05, 0.1) is 62.4 Å². The molecule has 56 heavy (non-hydrogen) atoms. The van der Waals surface area contributed by atoms with Crippen LogP contribution in [0.3, 0.4) is 0 Å². The molecule has 2 fully saturated rings. The van der Waals surface area contributed by atoms with E-state index >= 15 is 0 Å². The van der Waals surface area contributed by atoms with Crippen LogP contribution in [0, 0.1) is 18.8 Å². The summed E-state index contributed by atoms with van der Waals surface area (Å²) in [5.41, 5.74) is 6.86. The zero-order valence-corrected chi connectivity index (χ0v) is 31.3. The fourth-order valence-electron chi connectivity index (χ4n) is 8.01. The molecule has 1 saturated carbocycles. The fourth-order valence-corrected chi connectivity index (χ4v) is 8.01. The summed E-state index contributed by atoms with van der Waals surface area (Å²) in [4.78, 5) is 17.1. The molecule has 4 aromatic carbocycles. The Bertz CT molecular complexity index is 2210. The lowest BCUT2D eigenvalue weighted by molar-refractivity contribution is -0.416. The summed E-state index contributed by atoms with van der Waals surface area (Å²) in [6, 6.07) is 39.3. The van der Waals surface area contributed by atoms with E-state index < -0.39 is 48.0 Å². The standard InChI is InChI=1S/C45H44N4O7/c1-30-23-36(49-25-39(47-48-49)35-19-12-22-46-24-35)20-21-37(30)41(55-31(2)51)44-40-43(53-28-33-15-8-4-9-16-33)42(52-27-32-13-6-3-7-14-32)38(26-50)45(40,56-44)54-29-34-17-10-5-11-18-34/h3-25,38,40-44,50H,26-29H2,1-2H3/t38?,40?,41-,42-,43?,44+,45?/m1/s1. The van der Waals surface area contributed by atoms with Crippen LogP contribution < -0.4 is 0 Å². The van der Waals surface area contributed by atoms with Crippen LogP contribution in [0.1, 0.15) is 40.8 Å². The number of fused-ring (bicyclic) bond motifs is 1. The van der Waals surface area contributed by atoms with Crippen LogP contribution in [-0.2, 0) is 48.3 Å². The van der Waals surface area contributed by atoms with Crippen LogP contribution in [0.2, 0.25) is 0 Å². The number of hydrogen-bond donors (Lipinski definition) is 1. The summed E-state index contributed by atoms with van der Waals surface area (Å²) in [5, 5.41) is 19.9. The molecule has 11 nitrogen and oxygen atoms in total. The van der Waals surface area contributed by atoms with Crippen molar-refractivity contribution >= 4 is 5.97 Å². The third-order valence-corrected chi connectivity index (χ3v) is 10.7. The highest BCUT2D eigenvalue weighted by Gasteiger charge is 2.74. The first kappa shape index (κ1) is 37.4. The quantitative estimate of drug-likeness (QED) is 0.110. The Kier molecular flexibility index (Phi) is 11.1. The molecule has 7 atom stereocenters. The first-order valence-corrected chi connectivity index (χ1v) is 18.8. The lowest BCUT2D eigenvalue weighted by Crippen LogP contribution is -2.66. The zero-order chi connectivity index (χ0) is 38.5. The van der Waals surface area contributed by atoms with E-state index in [4.69, 9.17) is 23.7 Å². The van der Waals surface area contributed by atoms with Gasteiger partial charge in [-0.05, 0) is 59.0 Å². The predicted octanol–water partition coefficient (Wildman–Crippen LogP) is 6.96. The van der Waals surface area contributed by atoms with E-state index in [2.05, 4.69) is 15.3 Å². The molecule has 0 spiro atoms. The Morgan fingerprint density at radius 1 is 0.839 bits per heavy atom. The van der Waals surface area contributed by atoms with Crippen molar-refractivity contribution in [2.75, 3.05) is 6.61 Å². The summed E-state index contributed by atoms with van der Waals surface area (Å²) < 4.78 is 35.2. The molecule has 11 heteroatoms. The Morgan fingerprint density at radius 3 is 2.07 bits per heavy atom. The maximum atomic E-state index is 12.9. The molecule has 2 aliphatic rings. The lowest BCUT2D eigenvalue weighted by atomic mass is 9.78. The number of aliphatic hydroxyl groups is 1. The number of benzene rings is 4. The van der Waals surface area contributed by atoms with Gasteiger partial charge in [0.1, 0.15) is 11.8 Å². The van der Waals surface area contributed by atoms with E-state index in [1.165, 1.54) is 6.92 Å². The van der Waals surface area contributed by atoms with Crippen molar-refractivity contribution in [3.8, 4) is 16.9 Å².